The highest BCUT2D eigenvalue weighted by Crippen LogP contribution is 2.20. The summed E-state index contributed by atoms with van der Waals surface area (Å²) in [4.78, 5) is 0.827. The highest BCUT2D eigenvalue weighted by Gasteiger charge is 2.14. The lowest BCUT2D eigenvalue weighted by atomic mass is 10.1. The molecule has 0 bridgehead atoms. The van der Waals surface area contributed by atoms with Crippen molar-refractivity contribution in [3.8, 4) is 0 Å². The number of nitrogens with two attached hydrogens (primary N) is 1. The summed E-state index contributed by atoms with van der Waals surface area (Å²) in [6.07, 6.45) is 0. The first-order chi connectivity index (χ1) is 7.02. The molecule has 0 aliphatic heterocycles. The Bertz CT molecular complexity index is 354. The lowest BCUT2D eigenvalue weighted by Crippen LogP contribution is -2.32. The van der Waals surface area contributed by atoms with E-state index in [9.17, 15) is 4.21 Å². The summed E-state index contributed by atoms with van der Waals surface area (Å²) in [6.45, 7) is 4.09. The number of hydrogen-bond donors (Lipinski definition) is 1. The molecule has 0 saturated carbocycles. The normalized spacial score (nSPS) is 15.3. The average molecular weight is 290 g/mol. The summed E-state index contributed by atoms with van der Waals surface area (Å²) >= 11 is 3.39. The fourth-order valence-electron chi connectivity index (χ4n) is 1.09. The standard InChI is InChI=1S/C11H16BrNOS/c1-8(2)10(13)7-15(14)11-6-4-3-5-9(11)12/h3-6,8,10H,7,13H2,1-2H3. The van der Waals surface area contributed by atoms with E-state index < -0.39 is 10.8 Å². The fourth-order valence-corrected chi connectivity index (χ4v) is 3.34. The summed E-state index contributed by atoms with van der Waals surface area (Å²) in [5.41, 5.74) is 5.90. The number of rotatable bonds is 4. The Balaban J connectivity index is 2.74. The lowest BCUT2D eigenvalue weighted by molar-refractivity contribution is 0.530. The van der Waals surface area contributed by atoms with E-state index in [1.807, 2.05) is 38.1 Å². The Labute approximate surface area is 102 Å². The van der Waals surface area contributed by atoms with E-state index in [2.05, 4.69) is 15.9 Å². The van der Waals surface area contributed by atoms with Crippen molar-refractivity contribution in [2.75, 3.05) is 5.75 Å². The third-order valence-electron chi connectivity index (χ3n) is 2.28. The number of hydrogen-bond acceptors (Lipinski definition) is 2. The molecule has 2 atom stereocenters. The predicted octanol–water partition coefficient (Wildman–Crippen LogP) is 2.54. The van der Waals surface area contributed by atoms with Gasteiger partial charge in [-0.3, -0.25) is 4.21 Å². The van der Waals surface area contributed by atoms with Gasteiger partial charge in [0.15, 0.2) is 0 Å². The minimum atomic E-state index is -1.02. The van der Waals surface area contributed by atoms with Gasteiger partial charge in [-0.15, -0.1) is 0 Å². The van der Waals surface area contributed by atoms with Crippen molar-refractivity contribution in [1.82, 2.24) is 0 Å². The largest absolute Gasteiger partial charge is 0.327 e. The molecule has 0 heterocycles. The van der Waals surface area contributed by atoms with Crippen LogP contribution in [0.15, 0.2) is 33.6 Å². The minimum Gasteiger partial charge on any atom is -0.327 e. The van der Waals surface area contributed by atoms with Crippen molar-refractivity contribution in [3.63, 3.8) is 0 Å². The first-order valence-electron chi connectivity index (χ1n) is 4.91. The zero-order chi connectivity index (χ0) is 11.4. The zero-order valence-corrected chi connectivity index (χ0v) is 11.3. The molecule has 0 aliphatic carbocycles. The second-order valence-electron chi connectivity index (χ2n) is 3.85. The average Bonchev–Trinajstić information content (AvgIpc) is 2.18. The van der Waals surface area contributed by atoms with Crippen LogP contribution in [0.3, 0.4) is 0 Å². The molecule has 0 radical (unpaired) electrons. The Morgan fingerprint density at radius 3 is 2.53 bits per heavy atom. The Hall–Kier alpha value is -0.190. The molecule has 84 valence electrons. The van der Waals surface area contributed by atoms with Crippen LogP contribution in [0.2, 0.25) is 0 Å². The summed E-state index contributed by atoms with van der Waals surface area (Å²) in [7, 11) is -1.02. The molecule has 2 nitrogen and oxygen atoms in total. The third kappa shape index (κ3) is 3.70. The smallest absolute Gasteiger partial charge is 0.0556 e. The maximum absolute atomic E-state index is 12.0. The maximum Gasteiger partial charge on any atom is 0.0556 e. The minimum absolute atomic E-state index is 0.0158. The van der Waals surface area contributed by atoms with Crippen molar-refractivity contribution < 1.29 is 4.21 Å². The van der Waals surface area contributed by atoms with Gasteiger partial charge in [0.2, 0.25) is 0 Å². The Morgan fingerprint density at radius 1 is 1.40 bits per heavy atom. The van der Waals surface area contributed by atoms with Crippen molar-refractivity contribution in [2.45, 2.75) is 24.8 Å². The summed E-state index contributed by atoms with van der Waals surface area (Å²) < 4.78 is 12.9. The van der Waals surface area contributed by atoms with Gasteiger partial charge in [0, 0.05) is 16.3 Å². The SMILES string of the molecule is CC(C)C(N)CS(=O)c1ccccc1Br. The Morgan fingerprint density at radius 2 is 2.00 bits per heavy atom. The van der Waals surface area contributed by atoms with Crippen molar-refractivity contribution >= 4 is 26.7 Å². The zero-order valence-electron chi connectivity index (χ0n) is 8.94. The molecule has 0 amide bonds. The molecular formula is C11H16BrNOS. The highest BCUT2D eigenvalue weighted by atomic mass is 79.9. The summed E-state index contributed by atoms with van der Waals surface area (Å²) in [5.74, 6) is 0.872. The van der Waals surface area contributed by atoms with Crippen molar-refractivity contribution in [1.29, 1.82) is 0 Å². The van der Waals surface area contributed by atoms with Gasteiger partial charge in [-0.05, 0) is 34.0 Å². The van der Waals surface area contributed by atoms with E-state index in [0.717, 1.165) is 9.37 Å². The third-order valence-corrected chi connectivity index (χ3v) is 4.77. The first kappa shape index (κ1) is 12.9. The van der Waals surface area contributed by atoms with Crippen LogP contribution in [0.4, 0.5) is 0 Å². The summed E-state index contributed by atoms with van der Waals surface area (Å²) in [6, 6.07) is 7.55. The van der Waals surface area contributed by atoms with Crippen molar-refractivity contribution in [3.05, 3.63) is 28.7 Å². The van der Waals surface area contributed by atoms with Crippen LogP contribution < -0.4 is 5.73 Å². The molecule has 15 heavy (non-hydrogen) atoms. The van der Waals surface area contributed by atoms with Gasteiger partial charge in [-0.1, -0.05) is 26.0 Å². The molecule has 2 unspecified atom stereocenters. The van der Waals surface area contributed by atoms with E-state index >= 15 is 0 Å². The van der Waals surface area contributed by atoms with Gasteiger partial charge in [-0.25, -0.2) is 0 Å². The molecule has 0 aliphatic rings. The fraction of sp³-hybridized carbons (Fsp3) is 0.455. The van der Waals surface area contributed by atoms with Gasteiger partial charge in [0.25, 0.3) is 0 Å². The molecule has 1 rings (SSSR count). The summed E-state index contributed by atoms with van der Waals surface area (Å²) in [5, 5.41) is 0. The number of halogens is 1. The van der Waals surface area contributed by atoms with Crippen LogP contribution in [0, 0.1) is 5.92 Å². The van der Waals surface area contributed by atoms with Gasteiger partial charge in [0.05, 0.1) is 15.7 Å². The molecule has 0 saturated heterocycles. The van der Waals surface area contributed by atoms with Gasteiger partial charge < -0.3 is 5.73 Å². The van der Waals surface area contributed by atoms with Crippen LogP contribution >= 0.6 is 15.9 Å². The second kappa shape index (κ2) is 5.77. The topological polar surface area (TPSA) is 43.1 Å². The quantitative estimate of drug-likeness (QED) is 0.926. The molecule has 4 heteroatoms. The van der Waals surface area contributed by atoms with Crippen LogP contribution in [0.1, 0.15) is 13.8 Å². The van der Waals surface area contributed by atoms with E-state index in [1.165, 1.54) is 0 Å². The molecular weight excluding hydrogens is 274 g/mol. The van der Waals surface area contributed by atoms with E-state index in [1.54, 1.807) is 0 Å². The molecule has 0 fully saturated rings. The lowest BCUT2D eigenvalue weighted by Gasteiger charge is -2.15. The molecule has 2 N–H and O–H groups in total. The predicted molar refractivity (Wildman–Crippen MR) is 68.2 cm³/mol. The van der Waals surface area contributed by atoms with E-state index in [-0.39, 0.29) is 6.04 Å². The van der Waals surface area contributed by atoms with Crippen LogP contribution in [-0.2, 0) is 10.8 Å². The monoisotopic (exact) mass is 289 g/mol. The van der Waals surface area contributed by atoms with Crippen LogP contribution in [-0.4, -0.2) is 16.0 Å². The molecule has 1 aromatic carbocycles. The highest BCUT2D eigenvalue weighted by molar-refractivity contribution is 9.10. The molecule has 0 spiro atoms. The second-order valence-corrected chi connectivity index (χ2v) is 6.17. The Kier molecular flexibility index (Phi) is 4.96. The van der Waals surface area contributed by atoms with Gasteiger partial charge in [0.1, 0.15) is 0 Å². The van der Waals surface area contributed by atoms with E-state index in [0.29, 0.717) is 11.7 Å². The van der Waals surface area contributed by atoms with Gasteiger partial charge >= 0.3 is 0 Å². The maximum atomic E-state index is 12.0. The first-order valence-corrected chi connectivity index (χ1v) is 7.02. The van der Waals surface area contributed by atoms with Crippen LogP contribution in [0.25, 0.3) is 0 Å². The number of benzene rings is 1. The molecule has 0 aromatic heterocycles. The van der Waals surface area contributed by atoms with Crippen LogP contribution in [0.5, 0.6) is 0 Å². The molecule has 1 aromatic rings. The van der Waals surface area contributed by atoms with E-state index in [4.69, 9.17) is 5.73 Å². The van der Waals surface area contributed by atoms with Crippen molar-refractivity contribution in [2.24, 2.45) is 11.7 Å². The van der Waals surface area contributed by atoms with Gasteiger partial charge in [-0.2, -0.15) is 0 Å².